The van der Waals surface area contributed by atoms with E-state index in [1.807, 2.05) is 75.4 Å². The molecule has 0 unspecified atom stereocenters. The van der Waals surface area contributed by atoms with E-state index >= 15 is 0 Å². The van der Waals surface area contributed by atoms with Crippen LogP contribution < -0.4 is 9.62 Å². The Morgan fingerprint density at radius 2 is 1.46 bits per heavy atom. The lowest BCUT2D eigenvalue weighted by Gasteiger charge is -2.34. The maximum Gasteiger partial charge on any atom is 0.269 e. The minimum atomic E-state index is -4.31. The summed E-state index contributed by atoms with van der Waals surface area (Å²) >= 11 is 0. The molecule has 0 aliphatic carbocycles. The minimum Gasteiger partial charge on any atom is -0.354 e. The number of nitro groups is 1. The van der Waals surface area contributed by atoms with Gasteiger partial charge < -0.3 is 10.2 Å². The number of non-ortho nitro benzene ring substituents is 1. The van der Waals surface area contributed by atoms with Gasteiger partial charge in [-0.2, -0.15) is 0 Å². The Kier molecular flexibility index (Phi) is 11.3. The SMILES string of the molecule is Cc1cccc(CN(C(=O)CN(c2ccc([N+](=O)[O-])cc2)S(=O)(=O)c2ccccc2)[C@@H](Cc2ccccc2)C(=O)NCC(C)C)c1. The van der Waals surface area contributed by atoms with Crippen LogP contribution in [0.5, 0.6) is 0 Å². The molecule has 4 aromatic carbocycles. The summed E-state index contributed by atoms with van der Waals surface area (Å²) < 4.78 is 29.0. The van der Waals surface area contributed by atoms with Gasteiger partial charge in [0.1, 0.15) is 12.6 Å². The second-order valence-electron chi connectivity index (χ2n) is 11.5. The molecule has 0 heterocycles. The molecule has 0 aromatic heterocycles. The predicted molar refractivity (Wildman–Crippen MR) is 178 cm³/mol. The highest BCUT2D eigenvalue weighted by atomic mass is 32.2. The number of amides is 2. The number of nitrogens with one attached hydrogen (secondary N) is 1. The summed E-state index contributed by atoms with van der Waals surface area (Å²) in [5.41, 5.74) is 2.42. The van der Waals surface area contributed by atoms with Gasteiger partial charge in [0.2, 0.25) is 11.8 Å². The average Bonchev–Trinajstić information content (AvgIpc) is 3.05. The van der Waals surface area contributed by atoms with Gasteiger partial charge in [-0.25, -0.2) is 8.42 Å². The van der Waals surface area contributed by atoms with Crippen LogP contribution in [0.25, 0.3) is 0 Å². The van der Waals surface area contributed by atoms with E-state index in [0.717, 1.165) is 21.0 Å². The van der Waals surface area contributed by atoms with E-state index < -0.39 is 33.4 Å². The van der Waals surface area contributed by atoms with Crippen molar-refractivity contribution in [2.75, 3.05) is 17.4 Å². The average molecular weight is 643 g/mol. The van der Waals surface area contributed by atoms with Crippen molar-refractivity contribution in [2.24, 2.45) is 5.92 Å². The van der Waals surface area contributed by atoms with Crippen molar-refractivity contribution in [1.29, 1.82) is 0 Å². The monoisotopic (exact) mass is 642 g/mol. The number of rotatable bonds is 14. The maximum atomic E-state index is 14.5. The number of sulfonamides is 1. The number of nitrogens with zero attached hydrogens (tertiary/aromatic N) is 3. The largest absolute Gasteiger partial charge is 0.354 e. The molecule has 11 heteroatoms. The third-order valence-electron chi connectivity index (χ3n) is 7.35. The van der Waals surface area contributed by atoms with E-state index in [-0.39, 0.29) is 41.1 Å². The van der Waals surface area contributed by atoms with Crippen LogP contribution in [0.1, 0.15) is 30.5 Å². The molecule has 1 atom stereocenters. The number of anilines is 1. The fourth-order valence-corrected chi connectivity index (χ4v) is 6.41. The zero-order valence-electron chi connectivity index (χ0n) is 26.1. The van der Waals surface area contributed by atoms with E-state index in [0.29, 0.717) is 6.54 Å². The molecule has 0 bridgehead atoms. The molecule has 0 aliphatic rings. The van der Waals surface area contributed by atoms with Gasteiger partial charge in [-0.05, 0) is 48.2 Å². The summed E-state index contributed by atoms with van der Waals surface area (Å²) in [6.07, 6.45) is 0.200. The molecule has 0 fully saturated rings. The quantitative estimate of drug-likeness (QED) is 0.143. The summed E-state index contributed by atoms with van der Waals surface area (Å²) in [6, 6.07) is 28.6. The van der Waals surface area contributed by atoms with Gasteiger partial charge in [0.05, 0.1) is 15.5 Å². The van der Waals surface area contributed by atoms with Gasteiger partial charge in [0, 0.05) is 31.6 Å². The molecule has 46 heavy (non-hydrogen) atoms. The van der Waals surface area contributed by atoms with Crippen molar-refractivity contribution in [1.82, 2.24) is 10.2 Å². The number of hydrogen-bond donors (Lipinski definition) is 1. The van der Waals surface area contributed by atoms with Crippen molar-refractivity contribution < 1.29 is 22.9 Å². The van der Waals surface area contributed by atoms with Gasteiger partial charge in [0.15, 0.2) is 0 Å². The first kappa shape index (κ1) is 33.9. The first-order valence-electron chi connectivity index (χ1n) is 14.9. The van der Waals surface area contributed by atoms with E-state index in [1.54, 1.807) is 18.2 Å². The molecule has 2 amide bonds. The van der Waals surface area contributed by atoms with Crippen LogP contribution in [0.2, 0.25) is 0 Å². The van der Waals surface area contributed by atoms with E-state index in [4.69, 9.17) is 0 Å². The molecule has 0 saturated heterocycles. The Hall–Kier alpha value is -5.03. The highest BCUT2D eigenvalue weighted by Gasteiger charge is 2.34. The van der Waals surface area contributed by atoms with Gasteiger partial charge in [0.25, 0.3) is 15.7 Å². The number of hydrogen-bond acceptors (Lipinski definition) is 6. The van der Waals surface area contributed by atoms with Crippen LogP contribution in [0, 0.1) is 23.0 Å². The summed E-state index contributed by atoms with van der Waals surface area (Å²) in [7, 11) is -4.31. The molecule has 4 aromatic rings. The number of benzene rings is 4. The molecule has 0 spiro atoms. The summed E-state index contributed by atoms with van der Waals surface area (Å²) in [6.45, 7) is 5.66. The van der Waals surface area contributed by atoms with Crippen LogP contribution in [0.3, 0.4) is 0 Å². The van der Waals surface area contributed by atoms with Gasteiger partial charge >= 0.3 is 0 Å². The van der Waals surface area contributed by atoms with Crippen LogP contribution >= 0.6 is 0 Å². The Balaban J connectivity index is 1.80. The smallest absolute Gasteiger partial charge is 0.269 e. The van der Waals surface area contributed by atoms with E-state index in [1.165, 1.54) is 41.3 Å². The third kappa shape index (κ3) is 8.79. The minimum absolute atomic E-state index is 0.0482. The molecule has 4 rings (SSSR count). The van der Waals surface area contributed by atoms with Crippen molar-refractivity contribution in [3.05, 3.63) is 136 Å². The Morgan fingerprint density at radius 3 is 2.04 bits per heavy atom. The van der Waals surface area contributed by atoms with Gasteiger partial charge in [-0.1, -0.05) is 92.2 Å². The predicted octanol–water partition coefficient (Wildman–Crippen LogP) is 5.51. The maximum absolute atomic E-state index is 14.5. The second-order valence-corrected chi connectivity index (χ2v) is 13.3. The van der Waals surface area contributed by atoms with Crippen LogP contribution in [0.4, 0.5) is 11.4 Å². The Labute approximate surface area is 269 Å². The van der Waals surface area contributed by atoms with Crippen molar-refractivity contribution >= 4 is 33.2 Å². The highest BCUT2D eigenvalue weighted by molar-refractivity contribution is 7.92. The van der Waals surface area contributed by atoms with E-state index in [2.05, 4.69) is 5.32 Å². The van der Waals surface area contributed by atoms with E-state index in [9.17, 15) is 28.1 Å². The number of aryl methyl sites for hydroxylation is 1. The second kappa shape index (κ2) is 15.3. The summed E-state index contributed by atoms with van der Waals surface area (Å²) in [5.74, 6) is -0.803. The summed E-state index contributed by atoms with van der Waals surface area (Å²) in [5, 5.41) is 14.3. The summed E-state index contributed by atoms with van der Waals surface area (Å²) in [4.78, 5) is 40.4. The Morgan fingerprint density at radius 1 is 0.848 bits per heavy atom. The lowest BCUT2D eigenvalue weighted by Crippen LogP contribution is -2.53. The van der Waals surface area contributed by atoms with Crippen molar-refractivity contribution in [3.63, 3.8) is 0 Å². The lowest BCUT2D eigenvalue weighted by atomic mass is 10.0. The normalized spacial score (nSPS) is 11.9. The molecule has 0 aliphatic heterocycles. The molecule has 240 valence electrons. The number of carbonyl (C=O) groups is 2. The Bertz CT molecular complexity index is 1750. The standard InChI is InChI=1S/C35H38N4O6S/c1-26(2)23-36-35(41)33(22-28-12-6-4-7-13-28)37(24-29-14-10-11-27(3)21-29)34(40)25-38(30-17-19-31(20-18-30)39(42)43)46(44,45)32-15-8-5-9-16-32/h4-21,26,33H,22-25H2,1-3H3,(H,36,41)/t33-/m0/s1. The molecular formula is C35H38N4O6S. The first-order chi connectivity index (χ1) is 22.0. The first-order valence-corrected chi connectivity index (χ1v) is 16.4. The van der Waals surface area contributed by atoms with Crippen molar-refractivity contribution in [2.45, 2.75) is 44.7 Å². The van der Waals surface area contributed by atoms with Crippen LogP contribution in [0.15, 0.2) is 114 Å². The van der Waals surface area contributed by atoms with Crippen LogP contribution in [-0.2, 0) is 32.6 Å². The van der Waals surface area contributed by atoms with Gasteiger partial charge in [-0.3, -0.25) is 24.0 Å². The molecule has 0 radical (unpaired) electrons. The zero-order valence-corrected chi connectivity index (χ0v) is 26.9. The fraction of sp³-hybridized carbons (Fsp3) is 0.257. The molecular weight excluding hydrogens is 604 g/mol. The van der Waals surface area contributed by atoms with Gasteiger partial charge in [-0.15, -0.1) is 0 Å². The topological polar surface area (TPSA) is 130 Å². The van der Waals surface area contributed by atoms with Crippen molar-refractivity contribution in [3.8, 4) is 0 Å². The number of nitro benzene ring substituents is 1. The third-order valence-corrected chi connectivity index (χ3v) is 9.14. The highest BCUT2D eigenvalue weighted by Crippen LogP contribution is 2.27. The zero-order chi connectivity index (χ0) is 33.3. The molecule has 0 saturated carbocycles. The fourth-order valence-electron chi connectivity index (χ4n) is 4.97. The lowest BCUT2D eigenvalue weighted by molar-refractivity contribution is -0.384. The molecule has 1 N–H and O–H groups in total. The number of carbonyl (C=O) groups excluding carboxylic acids is 2. The molecule has 10 nitrogen and oxygen atoms in total. The van der Waals surface area contributed by atoms with Crippen LogP contribution in [-0.4, -0.2) is 49.2 Å².